The van der Waals surface area contributed by atoms with Crippen LogP contribution in [0.15, 0.2) is 66.9 Å². The first-order chi connectivity index (χ1) is 18.7. The largest absolute Gasteiger partial charge is 0.490 e. The molecule has 0 radical (unpaired) electrons. The van der Waals surface area contributed by atoms with Gasteiger partial charge in [0.1, 0.15) is 23.2 Å². The fraction of sp³-hybridized carbons (Fsp3) is 0.333. The molecule has 1 N–H and O–H groups in total. The topological polar surface area (TPSA) is 58.9 Å². The van der Waals surface area contributed by atoms with Crippen molar-refractivity contribution in [1.29, 1.82) is 0 Å². The Hall–Kier alpha value is -4.01. The number of aromatic nitrogens is 2. The number of nitrogens with zero attached hydrogens (tertiary/aromatic N) is 3. The molecule has 39 heavy (non-hydrogen) atoms. The van der Waals surface area contributed by atoms with Gasteiger partial charge in [0, 0.05) is 44.4 Å². The van der Waals surface area contributed by atoms with Crippen LogP contribution >= 0.6 is 0 Å². The van der Waals surface area contributed by atoms with Crippen molar-refractivity contribution in [1.82, 2.24) is 14.7 Å². The fourth-order valence-electron chi connectivity index (χ4n) is 4.92. The highest BCUT2D eigenvalue weighted by atomic mass is 19.4. The van der Waals surface area contributed by atoms with Crippen molar-refractivity contribution in [2.45, 2.75) is 51.9 Å². The number of carbonyl (C=O) groups excluding carboxylic acids is 1. The quantitative estimate of drug-likeness (QED) is 0.306. The monoisotopic (exact) mass is 536 g/mol. The molecular weight excluding hydrogens is 505 g/mol. The zero-order valence-electron chi connectivity index (χ0n) is 22.0. The van der Waals surface area contributed by atoms with Crippen LogP contribution in [-0.2, 0) is 19.1 Å². The molecule has 0 aliphatic carbocycles. The predicted molar refractivity (Wildman–Crippen MR) is 144 cm³/mol. The number of amides is 1. The van der Waals surface area contributed by atoms with E-state index in [4.69, 9.17) is 4.74 Å². The minimum atomic E-state index is -4.35. The van der Waals surface area contributed by atoms with Crippen LogP contribution < -0.4 is 15.0 Å². The highest BCUT2D eigenvalue weighted by Crippen LogP contribution is 2.31. The Morgan fingerprint density at radius 2 is 1.72 bits per heavy atom. The van der Waals surface area contributed by atoms with Crippen LogP contribution in [0, 0.1) is 6.92 Å². The van der Waals surface area contributed by atoms with E-state index in [2.05, 4.69) is 15.2 Å². The van der Waals surface area contributed by atoms with E-state index in [9.17, 15) is 18.0 Å². The molecule has 3 heterocycles. The number of hydrogen-bond donors (Lipinski definition) is 1. The molecule has 0 saturated carbocycles. The summed E-state index contributed by atoms with van der Waals surface area (Å²) in [5.74, 6) is 0.308. The van der Waals surface area contributed by atoms with Crippen molar-refractivity contribution in [2.75, 3.05) is 18.0 Å². The Kier molecular flexibility index (Phi) is 7.50. The van der Waals surface area contributed by atoms with Gasteiger partial charge < -0.3 is 15.0 Å². The van der Waals surface area contributed by atoms with Gasteiger partial charge in [0.25, 0.3) is 5.91 Å². The summed E-state index contributed by atoms with van der Waals surface area (Å²) >= 11 is 0. The highest BCUT2D eigenvalue weighted by Gasteiger charge is 2.30. The molecule has 1 aliphatic heterocycles. The van der Waals surface area contributed by atoms with Gasteiger partial charge in [-0.15, -0.1) is 0 Å². The fourth-order valence-corrected chi connectivity index (χ4v) is 4.92. The molecule has 2 aromatic heterocycles. The van der Waals surface area contributed by atoms with Gasteiger partial charge in [0.05, 0.1) is 11.3 Å². The number of ether oxygens (including phenoxy) is 1. The number of piperidine rings is 1. The second kappa shape index (κ2) is 11.0. The van der Waals surface area contributed by atoms with E-state index < -0.39 is 11.7 Å². The molecule has 2 aromatic carbocycles. The van der Waals surface area contributed by atoms with Gasteiger partial charge >= 0.3 is 6.18 Å². The first kappa shape index (κ1) is 26.6. The van der Waals surface area contributed by atoms with Gasteiger partial charge in [-0.25, -0.2) is 4.98 Å². The number of hydrogen-bond acceptors (Lipinski definition) is 4. The van der Waals surface area contributed by atoms with Crippen LogP contribution in [0.5, 0.6) is 5.75 Å². The van der Waals surface area contributed by atoms with Crippen molar-refractivity contribution in [3.05, 3.63) is 94.9 Å². The number of alkyl halides is 3. The Morgan fingerprint density at radius 3 is 2.36 bits per heavy atom. The van der Waals surface area contributed by atoms with E-state index >= 15 is 0 Å². The van der Waals surface area contributed by atoms with Crippen LogP contribution in [0.3, 0.4) is 0 Å². The van der Waals surface area contributed by atoms with E-state index in [1.165, 1.54) is 12.1 Å². The number of anilines is 1. The smallest absolute Gasteiger partial charge is 0.416 e. The summed E-state index contributed by atoms with van der Waals surface area (Å²) in [5, 5.41) is 3.04. The summed E-state index contributed by atoms with van der Waals surface area (Å²) in [6, 6.07) is 16.9. The minimum Gasteiger partial charge on any atom is -0.490 e. The predicted octanol–water partition coefficient (Wildman–Crippen LogP) is 6.20. The summed E-state index contributed by atoms with van der Waals surface area (Å²) in [6.07, 6.45) is -0.233. The third-order valence-corrected chi connectivity index (χ3v) is 7.07. The van der Waals surface area contributed by atoms with Crippen molar-refractivity contribution < 1.29 is 22.7 Å². The number of rotatable bonds is 7. The molecule has 1 saturated heterocycles. The Labute approximate surface area is 225 Å². The number of halogens is 3. The SMILES string of the molecule is CCc1nc2ccc(C)cn2c1C(=O)NCc1ccc(N2CCC(Oc3ccc(C(F)(F)F)cc3)CC2)cc1. The Balaban J connectivity index is 1.14. The maximum absolute atomic E-state index is 13.1. The average molecular weight is 537 g/mol. The molecule has 0 atom stereocenters. The molecular formula is C30H31F3N4O2. The molecule has 0 spiro atoms. The van der Waals surface area contributed by atoms with E-state index in [0.717, 1.165) is 66.2 Å². The molecule has 204 valence electrons. The van der Waals surface area contributed by atoms with E-state index in [0.29, 0.717) is 24.4 Å². The van der Waals surface area contributed by atoms with Crippen molar-refractivity contribution in [3.8, 4) is 5.75 Å². The van der Waals surface area contributed by atoms with E-state index in [1.54, 1.807) is 0 Å². The molecule has 1 aliphatic rings. The van der Waals surface area contributed by atoms with E-state index in [1.807, 2.05) is 60.8 Å². The van der Waals surface area contributed by atoms with Gasteiger partial charge in [-0.2, -0.15) is 13.2 Å². The number of fused-ring (bicyclic) bond motifs is 1. The summed E-state index contributed by atoms with van der Waals surface area (Å²) < 4.78 is 46.1. The standard InChI is InChI=1S/C30H31F3N4O2/c1-3-26-28(37-19-20(2)4-13-27(37)35-26)29(38)34-18-21-5-9-23(10-6-21)36-16-14-25(15-17-36)39-24-11-7-22(8-12-24)30(31,32)33/h4-13,19,25H,3,14-18H2,1-2H3,(H,34,38). The minimum absolute atomic E-state index is 0.0381. The normalized spacial score (nSPS) is 14.5. The summed E-state index contributed by atoms with van der Waals surface area (Å²) in [7, 11) is 0. The lowest BCUT2D eigenvalue weighted by molar-refractivity contribution is -0.137. The number of imidazole rings is 1. The lowest BCUT2D eigenvalue weighted by atomic mass is 10.1. The number of benzene rings is 2. The zero-order valence-corrected chi connectivity index (χ0v) is 22.0. The van der Waals surface area contributed by atoms with Gasteiger partial charge in [0.15, 0.2) is 0 Å². The molecule has 0 unspecified atom stereocenters. The summed E-state index contributed by atoms with van der Waals surface area (Å²) in [6.45, 7) is 5.96. The van der Waals surface area contributed by atoms with Gasteiger partial charge in [-0.05, 0) is 66.9 Å². The zero-order chi connectivity index (χ0) is 27.6. The molecule has 4 aromatic rings. The van der Waals surface area contributed by atoms with Crippen molar-refractivity contribution >= 4 is 17.2 Å². The third-order valence-electron chi connectivity index (χ3n) is 7.07. The molecule has 0 bridgehead atoms. The summed E-state index contributed by atoms with van der Waals surface area (Å²) in [4.78, 5) is 19.9. The maximum Gasteiger partial charge on any atom is 0.416 e. The Morgan fingerprint density at radius 1 is 1.03 bits per heavy atom. The lowest BCUT2D eigenvalue weighted by Crippen LogP contribution is -2.38. The first-order valence-corrected chi connectivity index (χ1v) is 13.1. The lowest BCUT2D eigenvalue weighted by Gasteiger charge is -2.33. The third kappa shape index (κ3) is 6.02. The van der Waals surface area contributed by atoms with Gasteiger partial charge in [-0.3, -0.25) is 9.20 Å². The molecule has 5 rings (SSSR count). The Bertz CT molecular complexity index is 1440. The highest BCUT2D eigenvalue weighted by molar-refractivity contribution is 5.94. The summed E-state index contributed by atoms with van der Waals surface area (Å²) in [5.41, 5.74) is 4.58. The second-order valence-electron chi connectivity index (χ2n) is 9.87. The molecule has 6 nitrogen and oxygen atoms in total. The average Bonchev–Trinajstić information content (AvgIpc) is 3.30. The van der Waals surface area contributed by atoms with Crippen LogP contribution in [0.4, 0.5) is 18.9 Å². The molecule has 9 heteroatoms. The second-order valence-corrected chi connectivity index (χ2v) is 9.87. The number of aryl methyl sites for hydroxylation is 2. The van der Waals surface area contributed by atoms with Crippen molar-refractivity contribution in [2.24, 2.45) is 0 Å². The van der Waals surface area contributed by atoms with Crippen LogP contribution in [-0.4, -0.2) is 34.5 Å². The number of carbonyl (C=O) groups is 1. The molecule has 1 fully saturated rings. The van der Waals surface area contributed by atoms with Gasteiger partial charge in [-0.1, -0.05) is 25.1 Å². The number of nitrogens with one attached hydrogen (secondary N) is 1. The van der Waals surface area contributed by atoms with Crippen LogP contribution in [0.25, 0.3) is 5.65 Å². The maximum atomic E-state index is 13.1. The van der Waals surface area contributed by atoms with Crippen LogP contribution in [0.1, 0.15) is 52.6 Å². The molecule has 1 amide bonds. The van der Waals surface area contributed by atoms with Gasteiger partial charge in [0.2, 0.25) is 0 Å². The first-order valence-electron chi connectivity index (χ1n) is 13.1. The van der Waals surface area contributed by atoms with E-state index in [-0.39, 0.29) is 12.0 Å². The van der Waals surface area contributed by atoms with Crippen LogP contribution in [0.2, 0.25) is 0 Å². The number of pyridine rings is 1. The van der Waals surface area contributed by atoms with Crippen molar-refractivity contribution in [3.63, 3.8) is 0 Å².